The summed E-state index contributed by atoms with van der Waals surface area (Å²) in [5.41, 5.74) is 0.250. The van der Waals surface area contributed by atoms with Crippen LogP contribution in [0, 0.1) is 36.5 Å². The Kier molecular flexibility index (Phi) is 12.1. The van der Waals surface area contributed by atoms with Gasteiger partial charge in [0.15, 0.2) is 0 Å². The molecule has 0 saturated heterocycles. The summed E-state index contributed by atoms with van der Waals surface area (Å²) in [6.07, 6.45) is 4.92. The molecule has 1 aliphatic rings. The molecule has 1 fully saturated rings. The number of nitriles is 1. The van der Waals surface area contributed by atoms with Crippen molar-refractivity contribution in [1.82, 2.24) is 5.32 Å². The summed E-state index contributed by atoms with van der Waals surface area (Å²) >= 11 is 0. The van der Waals surface area contributed by atoms with Crippen LogP contribution in [0.1, 0.15) is 54.8 Å². The minimum absolute atomic E-state index is 0. The molecule has 0 unspecified atom stereocenters. The number of nitrogens with zero attached hydrogens (tertiary/aromatic N) is 1. The Balaban J connectivity index is -0.000000347. The number of amides is 1. The van der Waals surface area contributed by atoms with Gasteiger partial charge in [-0.25, -0.2) is 0 Å². The van der Waals surface area contributed by atoms with Gasteiger partial charge in [-0.05, 0) is 44.1 Å². The summed E-state index contributed by atoms with van der Waals surface area (Å²) in [5, 5.41) is 11.5. The number of carbonyl (C=O) groups is 1. The van der Waals surface area contributed by atoms with E-state index in [0.29, 0.717) is 0 Å². The molecule has 0 spiro atoms. The van der Waals surface area contributed by atoms with Gasteiger partial charge >= 0.3 is 0 Å². The van der Waals surface area contributed by atoms with Gasteiger partial charge in [0, 0.05) is 13.4 Å². The van der Waals surface area contributed by atoms with Crippen LogP contribution in [0.25, 0.3) is 0 Å². The minimum Gasteiger partial charge on any atom is -0.350 e. The van der Waals surface area contributed by atoms with E-state index in [2.05, 4.69) is 52.6 Å². The second-order valence-electron chi connectivity index (χ2n) is 5.95. The van der Waals surface area contributed by atoms with E-state index in [0.717, 1.165) is 25.7 Å². The first kappa shape index (κ1) is 21.0. The predicted molar refractivity (Wildman–Crippen MR) is 87.7 cm³/mol. The van der Waals surface area contributed by atoms with Crippen molar-refractivity contribution in [2.75, 3.05) is 0 Å². The van der Waals surface area contributed by atoms with E-state index in [-0.39, 0.29) is 24.7 Å². The zero-order valence-corrected chi connectivity index (χ0v) is 13.5. The Hall–Kier alpha value is -1.30. The SMILES string of the molecule is C=CC(=O)NC1CCC(C#N)CC1.[CH2]C.[CH2]C(C)(C)C.[HH]. The molecule has 1 N–H and O–H groups in total. The van der Waals surface area contributed by atoms with E-state index in [9.17, 15) is 4.79 Å². The van der Waals surface area contributed by atoms with Crippen molar-refractivity contribution in [3.05, 3.63) is 26.5 Å². The lowest BCUT2D eigenvalue weighted by atomic mass is 9.87. The van der Waals surface area contributed by atoms with Crippen LogP contribution in [0.2, 0.25) is 0 Å². The van der Waals surface area contributed by atoms with Crippen LogP contribution in [-0.4, -0.2) is 11.9 Å². The fourth-order valence-electron chi connectivity index (χ4n) is 1.63. The number of carbonyl (C=O) groups excluding carboxylic acids is 1. The summed E-state index contributed by atoms with van der Waals surface area (Å²) in [6, 6.07) is 2.50. The summed E-state index contributed by atoms with van der Waals surface area (Å²) in [5.74, 6) is 0.0808. The minimum atomic E-state index is -0.111. The summed E-state index contributed by atoms with van der Waals surface area (Å²) in [7, 11) is 0. The predicted octanol–water partition coefficient (Wildman–Crippen LogP) is 4.32. The van der Waals surface area contributed by atoms with Crippen molar-refractivity contribution in [3.63, 3.8) is 0 Å². The number of hydrogen-bond acceptors (Lipinski definition) is 2. The van der Waals surface area contributed by atoms with E-state index in [1.807, 2.05) is 0 Å². The molecule has 3 nitrogen and oxygen atoms in total. The zero-order valence-electron chi connectivity index (χ0n) is 13.5. The molecule has 0 atom stereocenters. The van der Waals surface area contributed by atoms with Crippen molar-refractivity contribution in [2.24, 2.45) is 11.3 Å². The standard InChI is InChI=1S/C10H14N2O.C5H11.C2H5.H2/c1-2-10(13)12-9-5-3-8(7-11)4-6-9;1-5(2,3)4;1-2;/h2,8-9H,1,3-6H2,(H,12,13);1H2,2-4H3;1H2,2H3;1H. The normalized spacial score (nSPS) is 21.1. The highest BCUT2D eigenvalue weighted by Gasteiger charge is 2.21. The Morgan fingerprint density at radius 2 is 1.70 bits per heavy atom. The lowest BCUT2D eigenvalue weighted by Gasteiger charge is -2.24. The van der Waals surface area contributed by atoms with E-state index >= 15 is 0 Å². The molecule has 3 heteroatoms. The maximum Gasteiger partial charge on any atom is 0.243 e. The Labute approximate surface area is 126 Å². The van der Waals surface area contributed by atoms with Crippen LogP contribution in [0.5, 0.6) is 0 Å². The molecule has 1 rings (SSSR count). The van der Waals surface area contributed by atoms with Crippen LogP contribution in [-0.2, 0) is 4.79 Å². The number of nitrogens with one attached hydrogen (secondary N) is 1. The number of hydrogen-bond donors (Lipinski definition) is 1. The third-order valence-corrected chi connectivity index (χ3v) is 2.44. The molecule has 0 aromatic heterocycles. The third kappa shape index (κ3) is 14.8. The Morgan fingerprint density at radius 3 is 2.00 bits per heavy atom. The first-order valence-electron chi connectivity index (χ1n) is 7.15. The summed E-state index contributed by atoms with van der Waals surface area (Å²) in [4.78, 5) is 10.9. The van der Waals surface area contributed by atoms with Crippen LogP contribution in [0.4, 0.5) is 0 Å². The lowest BCUT2D eigenvalue weighted by molar-refractivity contribution is -0.117. The van der Waals surface area contributed by atoms with Crippen LogP contribution >= 0.6 is 0 Å². The Bertz CT molecular complexity index is 302. The van der Waals surface area contributed by atoms with Gasteiger partial charge in [0.2, 0.25) is 5.91 Å². The van der Waals surface area contributed by atoms with E-state index in [1.165, 1.54) is 6.08 Å². The monoisotopic (exact) mass is 280 g/mol. The van der Waals surface area contributed by atoms with Crippen molar-refractivity contribution in [1.29, 1.82) is 5.26 Å². The molecule has 1 saturated carbocycles. The van der Waals surface area contributed by atoms with Gasteiger partial charge in [0.05, 0.1) is 6.07 Å². The molecule has 1 amide bonds. The van der Waals surface area contributed by atoms with Gasteiger partial charge in [0.1, 0.15) is 0 Å². The fourth-order valence-corrected chi connectivity index (χ4v) is 1.63. The fraction of sp³-hybridized carbons (Fsp3) is 0.647. The van der Waals surface area contributed by atoms with Gasteiger partial charge in [-0.3, -0.25) is 4.79 Å². The molecule has 116 valence electrons. The molecule has 20 heavy (non-hydrogen) atoms. The molecule has 0 bridgehead atoms. The van der Waals surface area contributed by atoms with Crippen LogP contribution in [0.3, 0.4) is 0 Å². The average molecular weight is 280 g/mol. The van der Waals surface area contributed by atoms with Gasteiger partial charge < -0.3 is 5.32 Å². The topological polar surface area (TPSA) is 52.9 Å². The van der Waals surface area contributed by atoms with Crippen LogP contribution < -0.4 is 5.32 Å². The van der Waals surface area contributed by atoms with Crippen molar-refractivity contribution >= 4 is 5.91 Å². The van der Waals surface area contributed by atoms with Gasteiger partial charge in [-0.15, -0.1) is 0 Å². The van der Waals surface area contributed by atoms with Crippen molar-refractivity contribution in [3.8, 4) is 6.07 Å². The highest BCUT2D eigenvalue weighted by atomic mass is 16.1. The van der Waals surface area contributed by atoms with Gasteiger partial charge in [0.25, 0.3) is 0 Å². The largest absolute Gasteiger partial charge is 0.350 e. The highest BCUT2D eigenvalue weighted by molar-refractivity contribution is 5.87. The highest BCUT2D eigenvalue weighted by Crippen LogP contribution is 2.23. The maximum atomic E-state index is 10.9. The summed E-state index contributed by atoms with van der Waals surface area (Å²) < 4.78 is 0. The third-order valence-electron chi connectivity index (χ3n) is 2.44. The quantitative estimate of drug-likeness (QED) is 0.766. The number of rotatable bonds is 2. The first-order chi connectivity index (χ1) is 9.26. The first-order valence-corrected chi connectivity index (χ1v) is 7.15. The second kappa shape index (κ2) is 11.5. The molecule has 0 aliphatic heterocycles. The van der Waals surface area contributed by atoms with Gasteiger partial charge in [-0.1, -0.05) is 41.2 Å². The molecule has 0 aromatic rings. The average Bonchev–Trinajstić information content (AvgIpc) is 2.40. The molecular formula is C17H32N2O. The molecule has 0 aromatic carbocycles. The Morgan fingerprint density at radius 1 is 1.30 bits per heavy atom. The van der Waals surface area contributed by atoms with E-state index in [1.54, 1.807) is 6.92 Å². The van der Waals surface area contributed by atoms with E-state index < -0.39 is 0 Å². The van der Waals surface area contributed by atoms with Gasteiger partial charge in [-0.2, -0.15) is 5.26 Å². The zero-order chi connectivity index (χ0) is 16.2. The molecule has 2 radical (unpaired) electrons. The molecule has 1 aliphatic carbocycles. The van der Waals surface area contributed by atoms with Crippen molar-refractivity contribution < 1.29 is 6.22 Å². The van der Waals surface area contributed by atoms with Crippen LogP contribution in [0.15, 0.2) is 12.7 Å². The second-order valence-corrected chi connectivity index (χ2v) is 5.95. The molecular weight excluding hydrogens is 248 g/mol. The summed E-state index contributed by atoms with van der Waals surface area (Å²) in [6.45, 7) is 18.4. The lowest BCUT2D eigenvalue weighted by Crippen LogP contribution is -2.36. The maximum absolute atomic E-state index is 10.9. The van der Waals surface area contributed by atoms with E-state index in [4.69, 9.17) is 5.26 Å². The smallest absolute Gasteiger partial charge is 0.243 e. The molecule has 0 heterocycles. The van der Waals surface area contributed by atoms with Crippen molar-refractivity contribution in [2.45, 2.75) is 59.4 Å².